The van der Waals surface area contributed by atoms with Crippen molar-refractivity contribution in [3.8, 4) is 0 Å². The Morgan fingerprint density at radius 3 is 1.67 bits per heavy atom. The Morgan fingerprint density at radius 1 is 0.905 bits per heavy atom. The molecule has 0 aliphatic heterocycles. The first kappa shape index (κ1) is 14.0. The fourth-order valence-corrected chi connectivity index (χ4v) is 2.98. The molecule has 0 amide bonds. The number of nitrogens with zero attached hydrogens (tertiary/aromatic N) is 1. The summed E-state index contributed by atoms with van der Waals surface area (Å²) in [5.74, 6) is 0.300. The maximum Gasteiger partial charge on any atom is 0.150 e. The normalized spacial score (nSPS) is 15.9. The summed E-state index contributed by atoms with van der Waals surface area (Å²) in [5, 5.41) is 0. The van der Waals surface area contributed by atoms with Crippen molar-refractivity contribution in [2.24, 2.45) is 0 Å². The number of hydrogen-bond donors (Lipinski definition) is 0. The van der Waals surface area contributed by atoms with Crippen LogP contribution in [0.3, 0.4) is 0 Å². The molecule has 108 valence electrons. The molecule has 1 aliphatic carbocycles. The summed E-state index contributed by atoms with van der Waals surface area (Å²) in [6.45, 7) is 3.39. The zero-order valence-corrected chi connectivity index (χ0v) is 12.5. The van der Waals surface area contributed by atoms with Gasteiger partial charge in [0.1, 0.15) is 5.78 Å². The predicted molar refractivity (Wildman–Crippen MR) is 84.8 cm³/mol. The van der Waals surface area contributed by atoms with Crippen LogP contribution >= 0.6 is 0 Å². The SMILES string of the molecule is CC(=O)C1(N(Cc2ccccc2)Cc2ccccc2)CC1. The molecule has 0 spiro atoms. The molecule has 0 radical (unpaired) electrons. The molecule has 1 saturated carbocycles. The second-order valence-corrected chi connectivity index (χ2v) is 5.92. The smallest absolute Gasteiger partial charge is 0.150 e. The van der Waals surface area contributed by atoms with Crippen LogP contribution in [0.4, 0.5) is 0 Å². The van der Waals surface area contributed by atoms with Gasteiger partial charge < -0.3 is 0 Å². The van der Waals surface area contributed by atoms with Crippen molar-refractivity contribution in [3.63, 3.8) is 0 Å². The van der Waals surface area contributed by atoms with E-state index in [9.17, 15) is 4.79 Å². The van der Waals surface area contributed by atoms with Crippen LogP contribution in [-0.2, 0) is 17.9 Å². The van der Waals surface area contributed by atoms with E-state index in [1.54, 1.807) is 6.92 Å². The second kappa shape index (κ2) is 5.82. The van der Waals surface area contributed by atoms with Crippen LogP contribution in [0.1, 0.15) is 30.9 Å². The van der Waals surface area contributed by atoms with Crippen molar-refractivity contribution in [2.75, 3.05) is 0 Å². The van der Waals surface area contributed by atoms with Gasteiger partial charge in [0.05, 0.1) is 5.54 Å². The number of hydrogen-bond acceptors (Lipinski definition) is 2. The quantitative estimate of drug-likeness (QED) is 0.801. The lowest BCUT2D eigenvalue weighted by Crippen LogP contribution is -2.41. The van der Waals surface area contributed by atoms with Crippen LogP contribution in [0.2, 0.25) is 0 Å². The molecular weight excluding hydrogens is 258 g/mol. The first-order chi connectivity index (χ1) is 10.2. The maximum absolute atomic E-state index is 12.1. The van der Waals surface area contributed by atoms with Gasteiger partial charge >= 0.3 is 0 Å². The molecule has 3 rings (SSSR count). The second-order valence-electron chi connectivity index (χ2n) is 5.92. The van der Waals surface area contributed by atoms with E-state index in [4.69, 9.17) is 0 Å². The summed E-state index contributed by atoms with van der Waals surface area (Å²) < 4.78 is 0. The van der Waals surface area contributed by atoms with Crippen LogP contribution in [-0.4, -0.2) is 16.2 Å². The summed E-state index contributed by atoms with van der Waals surface area (Å²) in [7, 11) is 0. The van der Waals surface area contributed by atoms with Gasteiger partial charge in [-0.05, 0) is 30.9 Å². The lowest BCUT2D eigenvalue weighted by molar-refractivity contribution is -0.124. The Kier molecular flexibility index (Phi) is 3.89. The number of Topliss-reactive ketones (excluding diaryl/α,β-unsaturated/α-hetero) is 1. The molecule has 1 fully saturated rings. The van der Waals surface area contributed by atoms with E-state index in [0.29, 0.717) is 5.78 Å². The molecule has 21 heavy (non-hydrogen) atoms. The molecule has 2 aromatic rings. The van der Waals surface area contributed by atoms with Crippen molar-refractivity contribution in [2.45, 2.75) is 38.4 Å². The topological polar surface area (TPSA) is 20.3 Å². The third kappa shape index (κ3) is 3.06. The van der Waals surface area contributed by atoms with Crippen LogP contribution < -0.4 is 0 Å². The largest absolute Gasteiger partial charge is 0.298 e. The Hall–Kier alpha value is -1.93. The van der Waals surface area contributed by atoms with Crippen LogP contribution in [0.25, 0.3) is 0 Å². The van der Waals surface area contributed by atoms with Crippen molar-refractivity contribution in [1.29, 1.82) is 0 Å². The van der Waals surface area contributed by atoms with Gasteiger partial charge in [0.2, 0.25) is 0 Å². The van der Waals surface area contributed by atoms with Gasteiger partial charge in [0.25, 0.3) is 0 Å². The number of rotatable bonds is 6. The molecule has 2 aromatic carbocycles. The van der Waals surface area contributed by atoms with E-state index in [0.717, 1.165) is 25.9 Å². The number of benzene rings is 2. The van der Waals surface area contributed by atoms with E-state index in [1.807, 2.05) is 12.1 Å². The third-order valence-electron chi connectivity index (χ3n) is 4.42. The summed E-state index contributed by atoms with van der Waals surface area (Å²) in [6, 6.07) is 20.8. The van der Waals surface area contributed by atoms with Gasteiger partial charge in [-0.3, -0.25) is 9.69 Å². The number of carbonyl (C=O) groups is 1. The van der Waals surface area contributed by atoms with E-state index in [2.05, 4.69) is 53.4 Å². The lowest BCUT2D eigenvalue weighted by atomic mass is 10.1. The van der Waals surface area contributed by atoms with Crippen molar-refractivity contribution in [3.05, 3.63) is 71.8 Å². The minimum atomic E-state index is -0.230. The Morgan fingerprint density at radius 2 is 1.33 bits per heavy atom. The summed E-state index contributed by atoms with van der Waals surface area (Å²) in [6.07, 6.45) is 1.98. The molecule has 0 unspecified atom stereocenters. The number of carbonyl (C=O) groups excluding carboxylic acids is 1. The maximum atomic E-state index is 12.1. The standard InChI is InChI=1S/C19H21NO/c1-16(21)19(12-13-19)20(14-17-8-4-2-5-9-17)15-18-10-6-3-7-11-18/h2-11H,12-15H2,1H3. The minimum Gasteiger partial charge on any atom is -0.298 e. The van der Waals surface area contributed by atoms with E-state index in [-0.39, 0.29) is 5.54 Å². The number of ketones is 1. The average molecular weight is 279 g/mol. The zero-order valence-electron chi connectivity index (χ0n) is 12.5. The lowest BCUT2D eigenvalue weighted by Gasteiger charge is -2.30. The van der Waals surface area contributed by atoms with E-state index in [1.165, 1.54) is 11.1 Å². The van der Waals surface area contributed by atoms with Crippen LogP contribution in [0.15, 0.2) is 60.7 Å². The molecular formula is C19H21NO. The van der Waals surface area contributed by atoms with Gasteiger partial charge in [-0.25, -0.2) is 0 Å². The van der Waals surface area contributed by atoms with Crippen molar-refractivity contribution in [1.82, 2.24) is 4.90 Å². The summed E-state index contributed by atoms with van der Waals surface area (Å²) in [4.78, 5) is 14.5. The first-order valence-corrected chi connectivity index (χ1v) is 7.55. The van der Waals surface area contributed by atoms with Crippen molar-refractivity contribution < 1.29 is 4.79 Å². The van der Waals surface area contributed by atoms with Gasteiger partial charge in [0.15, 0.2) is 0 Å². The summed E-state index contributed by atoms with van der Waals surface area (Å²) in [5.41, 5.74) is 2.30. The van der Waals surface area contributed by atoms with Gasteiger partial charge in [-0.2, -0.15) is 0 Å². The fraction of sp³-hybridized carbons (Fsp3) is 0.316. The predicted octanol–water partition coefficient (Wildman–Crippen LogP) is 3.81. The molecule has 2 heteroatoms. The Bertz CT molecular complexity index is 560. The minimum absolute atomic E-state index is 0.230. The van der Waals surface area contributed by atoms with Crippen LogP contribution in [0, 0.1) is 0 Å². The van der Waals surface area contributed by atoms with Crippen molar-refractivity contribution >= 4 is 5.78 Å². The monoisotopic (exact) mass is 279 g/mol. The molecule has 1 aliphatic rings. The Labute approximate surface area is 126 Å². The molecule has 0 saturated heterocycles. The van der Waals surface area contributed by atoms with E-state index < -0.39 is 0 Å². The molecule has 2 nitrogen and oxygen atoms in total. The first-order valence-electron chi connectivity index (χ1n) is 7.55. The van der Waals surface area contributed by atoms with Crippen LogP contribution in [0.5, 0.6) is 0 Å². The van der Waals surface area contributed by atoms with Gasteiger partial charge in [-0.15, -0.1) is 0 Å². The zero-order chi connectivity index (χ0) is 14.7. The highest BCUT2D eigenvalue weighted by Crippen LogP contribution is 2.44. The highest BCUT2D eigenvalue weighted by molar-refractivity contribution is 5.89. The molecule has 0 aromatic heterocycles. The highest BCUT2D eigenvalue weighted by Gasteiger charge is 2.51. The molecule has 0 atom stereocenters. The fourth-order valence-electron chi connectivity index (χ4n) is 2.98. The van der Waals surface area contributed by atoms with E-state index >= 15 is 0 Å². The van der Waals surface area contributed by atoms with Gasteiger partial charge in [-0.1, -0.05) is 60.7 Å². The molecule has 0 N–H and O–H groups in total. The van der Waals surface area contributed by atoms with Gasteiger partial charge in [0, 0.05) is 13.1 Å². The Balaban J connectivity index is 1.83. The summed E-state index contributed by atoms with van der Waals surface area (Å²) >= 11 is 0. The molecule has 0 heterocycles. The third-order valence-corrected chi connectivity index (χ3v) is 4.42. The molecule has 0 bridgehead atoms. The average Bonchev–Trinajstić information content (AvgIpc) is 3.30. The highest BCUT2D eigenvalue weighted by atomic mass is 16.1.